The number of aliphatic hydroxyl groups is 1. The first-order valence-corrected chi connectivity index (χ1v) is 9.38. The molecule has 27 heavy (non-hydrogen) atoms. The highest BCUT2D eigenvalue weighted by molar-refractivity contribution is 9.10. The highest BCUT2D eigenvalue weighted by atomic mass is 79.9. The van der Waals surface area contributed by atoms with Crippen LogP contribution in [0.3, 0.4) is 0 Å². The molecule has 8 heteroatoms. The lowest BCUT2D eigenvalue weighted by atomic mass is 10.1. The van der Waals surface area contributed by atoms with E-state index >= 15 is 0 Å². The lowest BCUT2D eigenvalue weighted by molar-refractivity contribution is -0.107. The van der Waals surface area contributed by atoms with Crippen LogP contribution in [0.15, 0.2) is 45.9 Å². The van der Waals surface area contributed by atoms with Crippen molar-refractivity contribution in [3.05, 3.63) is 57.0 Å². The van der Waals surface area contributed by atoms with Gasteiger partial charge in [0.25, 0.3) is 0 Å². The maximum atomic E-state index is 11.4. The van der Waals surface area contributed by atoms with Crippen molar-refractivity contribution in [3.63, 3.8) is 0 Å². The summed E-state index contributed by atoms with van der Waals surface area (Å²) in [7, 11) is 0. The Bertz CT molecular complexity index is 754. The number of pyridine rings is 2. The van der Waals surface area contributed by atoms with Crippen LogP contribution in [0.4, 0.5) is 0 Å². The molecule has 0 aliphatic rings. The summed E-state index contributed by atoms with van der Waals surface area (Å²) in [6.07, 6.45) is 8.40. The highest BCUT2D eigenvalue weighted by Crippen LogP contribution is 2.12. The first-order valence-electron chi connectivity index (χ1n) is 7.80. The van der Waals surface area contributed by atoms with E-state index in [9.17, 15) is 14.4 Å². The number of rotatable bonds is 8. The molecule has 2 aromatic heterocycles. The molecule has 0 atom stereocenters. The molecule has 6 nitrogen and oxygen atoms in total. The number of aliphatic hydroxyl groups excluding tert-OH is 1. The molecule has 0 aromatic carbocycles. The van der Waals surface area contributed by atoms with Crippen LogP contribution >= 0.6 is 31.9 Å². The van der Waals surface area contributed by atoms with E-state index in [1.54, 1.807) is 24.5 Å². The largest absolute Gasteiger partial charge is 0.396 e. The lowest BCUT2D eigenvalue weighted by Gasteiger charge is -1.98. The van der Waals surface area contributed by atoms with Crippen LogP contribution in [-0.2, 0) is 4.79 Å². The molecule has 0 spiro atoms. The maximum absolute atomic E-state index is 11.4. The van der Waals surface area contributed by atoms with Gasteiger partial charge in [0.15, 0.2) is 11.6 Å². The molecule has 2 heterocycles. The molecule has 0 saturated heterocycles. The van der Waals surface area contributed by atoms with Gasteiger partial charge in [-0.2, -0.15) is 0 Å². The van der Waals surface area contributed by atoms with Crippen molar-refractivity contribution in [2.45, 2.75) is 33.1 Å². The minimum Gasteiger partial charge on any atom is -0.396 e. The van der Waals surface area contributed by atoms with Gasteiger partial charge in [0, 0.05) is 70.7 Å². The number of nitrogens with zero attached hydrogens (tertiary/aromatic N) is 2. The zero-order valence-corrected chi connectivity index (χ0v) is 17.1. The summed E-state index contributed by atoms with van der Waals surface area (Å²) in [5.41, 5.74) is 1.12. The van der Waals surface area contributed by atoms with E-state index in [1.165, 1.54) is 12.4 Å². The van der Waals surface area contributed by atoms with Crippen molar-refractivity contribution in [3.8, 4) is 0 Å². The Morgan fingerprint density at radius 3 is 1.81 bits per heavy atom. The van der Waals surface area contributed by atoms with Gasteiger partial charge in [0.2, 0.25) is 0 Å². The Balaban J connectivity index is 0.000000483. The molecule has 146 valence electrons. The number of aldehydes is 1. The molecule has 2 aromatic rings. The number of Topliss-reactive ketones (excluding diaryl/α,β-unsaturated/α-hetero) is 2. The molecule has 0 fully saturated rings. The fourth-order valence-electron chi connectivity index (χ4n) is 1.85. The fourth-order valence-corrected chi connectivity index (χ4v) is 2.58. The molecule has 1 N–H and O–H groups in total. The van der Waals surface area contributed by atoms with E-state index in [-0.39, 0.29) is 38.4 Å². The number of carbonyl (C=O) groups excluding carboxylic acids is 3. The molecular formula is C19H22Br2N2O4. The van der Waals surface area contributed by atoms with E-state index in [2.05, 4.69) is 41.8 Å². The fraction of sp³-hybridized carbons (Fsp3) is 0.316. The van der Waals surface area contributed by atoms with E-state index in [4.69, 9.17) is 5.11 Å². The van der Waals surface area contributed by atoms with Crippen LogP contribution in [0, 0.1) is 0 Å². The van der Waals surface area contributed by atoms with Crippen LogP contribution in [-0.4, -0.2) is 39.5 Å². The number of hydrogen-bond donors (Lipinski definition) is 1. The number of hydrogen-bond acceptors (Lipinski definition) is 6. The normalized spacial score (nSPS) is 9.44. The van der Waals surface area contributed by atoms with Gasteiger partial charge in [-0.25, -0.2) is 0 Å². The van der Waals surface area contributed by atoms with Gasteiger partial charge < -0.3 is 9.90 Å². The minimum atomic E-state index is -0.0547. The Labute approximate surface area is 175 Å². The molecule has 0 amide bonds. The average Bonchev–Trinajstić information content (AvgIpc) is 2.64. The van der Waals surface area contributed by atoms with Gasteiger partial charge in [0.1, 0.15) is 6.29 Å². The molecule has 0 radical (unpaired) electrons. The summed E-state index contributed by atoms with van der Waals surface area (Å²) >= 11 is 6.45. The van der Waals surface area contributed by atoms with Crippen LogP contribution in [0.5, 0.6) is 0 Å². The van der Waals surface area contributed by atoms with Crippen molar-refractivity contribution >= 4 is 49.7 Å². The maximum Gasteiger partial charge on any atom is 0.164 e. The van der Waals surface area contributed by atoms with Gasteiger partial charge in [-0.05, 0) is 50.4 Å². The molecule has 0 saturated carbocycles. The van der Waals surface area contributed by atoms with Gasteiger partial charge >= 0.3 is 0 Å². The van der Waals surface area contributed by atoms with E-state index in [0.29, 0.717) is 24.0 Å². The minimum absolute atomic E-state index is 0. The predicted molar refractivity (Wildman–Crippen MR) is 111 cm³/mol. The number of carbonyl (C=O) groups is 3. The van der Waals surface area contributed by atoms with Gasteiger partial charge in [-0.1, -0.05) is 7.43 Å². The van der Waals surface area contributed by atoms with Crippen molar-refractivity contribution in [1.29, 1.82) is 0 Å². The molecular weight excluding hydrogens is 480 g/mol. The van der Waals surface area contributed by atoms with Crippen LogP contribution in [0.25, 0.3) is 0 Å². The zero-order valence-electron chi connectivity index (χ0n) is 13.9. The highest BCUT2D eigenvalue weighted by Gasteiger charge is 2.06. The number of ketones is 2. The monoisotopic (exact) mass is 500 g/mol. The van der Waals surface area contributed by atoms with Crippen LogP contribution in [0.2, 0.25) is 0 Å². The predicted octanol–water partition coefficient (Wildman–Crippen LogP) is 4.44. The van der Waals surface area contributed by atoms with Crippen molar-refractivity contribution < 1.29 is 19.5 Å². The van der Waals surface area contributed by atoms with Gasteiger partial charge in [-0.3, -0.25) is 19.6 Å². The Morgan fingerprint density at radius 1 is 0.926 bits per heavy atom. The molecule has 2 rings (SSSR count). The number of halogens is 2. The van der Waals surface area contributed by atoms with Crippen molar-refractivity contribution in [2.24, 2.45) is 0 Å². The molecule has 0 aliphatic heterocycles. The Kier molecular flexibility index (Phi) is 13.4. The standard InChI is InChI=1S/C9H10BrNO2.C9H8BrNO2.CH4/c2*10-8-4-7(5-11-6-8)9(13)2-1-3-12;/h4-6,12H,1-3H2;3-6H,1-2H2;1H4. The van der Waals surface area contributed by atoms with Crippen LogP contribution < -0.4 is 0 Å². The first-order chi connectivity index (χ1) is 12.5. The Hall–Kier alpha value is -1.77. The molecule has 0 aliphatic carbocycles. The van der Waals surface area contributed by atoms with Gasteiger partial charge in [0.05, 0.1) is 0 Å². The van der Waals surface area contributed by atoms with Crippen molar-refractivity contribution in [1.82, 2.24) is 9.97 Å². The summed E-state index contributed by atoms with van der Waals surface area (Å²) < 4.78 is 1.56. The van der Waals surface area contributed by atoms with Crippen molar-refractivity contribution in [2.75, 3.05) is 6.61 Å². The third-order valence-corrected chi connectivity index (χ3v) is 3.97. The summed E-state index contributed by atoms with van der Waals surface area (Å²) in [4.78, 5) is 40.5. The third-order valence-electron chi connectivity index (χ3n) is 3.10. The molecule has 0 bridgehead atoms. The lowest BCUT2D eigenvalue weighted by Crippen LogP contribution is -2.00. The summed E-state index contributed by atoms with van der Waals surface area (Å²) in [5.74, 6) is -0.0382. The summed E-state index contributed by atoms with van der Waals surface area (Å²) in [5, 5.41) is 8.54. The SMILES string of the molecule is C.O=C(CCCO)c1cncc(Br)c1.O=CCCC(=O)c1cncc(Br)c1. The second-order valence-corrected chi connectivity index (χ2v) is 6.99. The smallest absolute Gasteiger partial charge is 0.164 e. The van der Waals surface area contributed by atoms with Gasteiger partial charge in [-0.15, -0.1) is 0 Å². The average molecular weight is 502 g/mol. The first kappa shape index (κ1) is 25.2. The second kappa shape index (κ2) is 14.3. The number of aromatic nitrogens is 2. The topological polar surface area (TPSA) is 97.2 Å². The summed E-state index contributed by atoms with van der Waals surface area (Å²) in [6.45, 7) is 0.0488. The Morgan fingerprint density at radius 2 is 1.41 bits per heavy atom. The quantitative estimate of drug-likeness (QED) is 0.424. The van der Waals surface area contributed by atoms with E-state index in [1.807, 2.05) is 0 Å². The molecule has 0 unspecified atom stereocenters. The van der Waals surface area contributed by atoms with E-state index in [0.717, 1.165) is 15.2 Å². The van der Waals surface area contributed by atoms with Crippen LogP contribution in [0.1, 0.15) is 53.8 Å². The second-order valence-electron chi connectivity index (χ2n) is 5.16. The third kappa shape index (κ3) is 10.2. The zero-order chi connectivity index (χ0) is 19.4. The van der Waals surface area contributed by atoms with E-state index < -0.39 is 0 Å². The summed E-state index contributed by atoms with van der Waals surface area (Å²) in [6, 6.07) is 3.42.